The molecule has 0 spiro atoms. The standard InChI is InChI=1S/C20H24N2O4S/c1-14-5-3-7-17(11-14)27(25,26)21-18-12-16(20(23)24)8-9-19(18)22-10-4-6-15(2)13-22/h3,5,7-9,11-12,15,21H,4,6,10,13H2,1-2H3,(H,23,24)/t15-/m0/s1. The van der Waals surface area contributed by atoms with E-state index in [0.29, 0.717) is 17.3 Å². The van der Waals surface area contributed by atoms with Crippen molar-refractivity contribution >= 4 is 27.4 Å². The van der Waals surface area contributed by atoms with Crippen LogP contribution in [0.4, 0.5) is 11.4 Å². The molecule has 0 radical (unpaired) electrons. The molecule has 2 aromatic rings. The highest BCUT2D eigenvalue weighted by Crippen LogP contribution is 2.32. The van der Waals surface area contributed by atoms with Crippen LogP contribution in [-0.4, -0.2) is 32.6 Å². The zero-order chi connectivity index (χ0) is 19.6. The fourth-order valence-corrected chi connectivity index (χ4v) is 4.59. The Hall–Kier alpha value is -2.54. The van der Waals surface area contributed by atoms with E-state index in [2.05, 4.69) is 16.5 Å². The van der Waals surface area contributed by atoms with Gasteiger partial charge in [0.2, 0.25) is 0 Å². The fraction of sp³-hybridized carbons (Fsp3) is 0.350. The Morgan fingerprint density at radius 1 is 1.22 bits per heavy atom. The van der Waals surface area contributed by atoms with Crippen LogP contribution in [0.2, 0.25) is 0 Å². The summed E-state index contributed by atoms with van der Waals surface area (Å²) in [5, 5.41) is 9.31. The van der Waals surface area contributed by atoms with Gasteiger partial charge in [-0.2, -0.15) is 0 Å². The van der Waals surface area contributed by atoms with Crippen LogP contribution in [0, 0.1) is 12.8 Å². The van der Waals surface area contributed by atoms with E-state index in [9.17, 15) is 18.3 Å². The molecule has 0 bridgehead atoms. The van der Waals surface area contributed by atoms with Gasteiger partial charge in [-0.15, -0.1) is 0 Å². The van der Waals surface area contributed by atoms with Gasteiger partial charge in [0.05, 0.1) is 21.8 Å². The highest BCUT2D eigenvalue weighted by Gasteiger charge is 2.23. The average molecular weight is 388 g/mol. The summed E-state index contributed by atoms with van der Waals surface area (Å²) < 4.78 is 28.3. The first-order valence-electron chi connectivity index (χ1n) is 8.98. The molecule has 1 fully saturated rings. The van der Waals surface area contributed by atoms with Gasteiger partial charge in [-0.25, -0.2) is 13.2 Å². The summed E-state index contributed by atoms with van der Waals surface area (Å²) in [4.78, 5) is 13.7. The van der Waals surface area contributed by atoms with Crippen LogP contribution in [-0.2, 0) is 10.0 Å². The number of benzene rings is 2. The van der Waals surface area contributed by atoms with E-state index in [1.807, 2.05) is 13.0 Å². The Bertz CT molecular complexity index is 956. The van der Waals surface area contributed by atoms with E-state index in [-0.39, 0.29) is 10.5 Å². The minimum absolute atomic E-state index is 0.0470. The Balaban J connectivity index is 2.01. The monoisotopic (exact) mass is 388 g/mol. The second kappa shape index (κ2) is 7.60. The van der Waals surface area contributed by atoms with Gasteiger partial charge in [0.25, 0.3) is 10.0 Å². The topological polar surface area (TPSA) is 86.7 Å². The molecule has 0 unspecified atom stereocenters. The first-order chi connectivity index (χ1) is 12.8. The van der Waals surface area contributed by atoms with Crippen LogP contribution in [0.25, 0.3) is 0 Å². The van der Waals surface area contributed by atoms with Crippen LogP contribution in [0.15, 0.2) is 47.4 Å². The summed E-state index contributed by atoms with van der Waals surface area (Å²) in [7, 11) is -3.82. The molecular formula is C20H24N2O4S. The minimum atomic E-state index is -3.82. The van der Waals surface area contributed by atoms with Crippen molar-refractivity contribution in [3.05, 3.63) is 53.6 Å². The summed E-state index contributed by atoms with van der Waals surface area (Å²) >= 11 is 0. The molecule has 27 heavy (non-hydrogen) atoms. The maximum atomic E-state index is 12.9. The first kappa shape index (κ1) is 19.2. The smallest absolute Gasteiger partial charge is 0.335 e. The maximum Gasteiger partial charge on any atom is 0.335 e. The number of hydrogen-bond acceptors (Lipinski definition) is 4. The molecule has 6 nitrogen and oxygen atoms in total. The Labute approximate surface area is 159 Å². The van der Waals surface area contributed by atoms with Gasteiger partial charge < -0.3 is 10.0 Å². The van der Waals surface area contributed by atoms with Gasteiger partial charge in [0.15, 0.2) is 0 Å². The summed E-state index contributed by atoms with van der Waals surface area (Å²) in [6, 6.07) is 11.2. The SMILES string of the molecule is Cc1cccc(S(=O)(=O)Nc2cc(C(=O)O)ccc2N2CCC[C@H](C)C2)c1. The maximum absolute atomic E-state index is 12.9. The van der Waals surface area contributed by atoms with Crippen molar-refractivity contribution in [2.75, 3.05) is 22.7 Å². The number of piperidine rings is 1. The van der Waals surface area contributed by atoms with E-state index in [0.717, 1.165) is 31.5 Å². The van der Waals surface area contributed by atoms with Crippen LogP contribution < -0.4 is 9.62 Å². The van der Waals surface area contributed by atoms with Gasteiger partial charge in [0.1, 0.15) is 0 Å². The third kappa shape index (κ3) is 4.42. The van der Waals surface area contributed by atoms with Crippen LogP contribution in [0.5, 0.6) is 0 Å². The van der Waals surface area contributed by atoms with Gasteiger partial charge in [-0.05, 0) is 61.6 Å². The molecule has 1 aliphatic rings. The molecule has 3 rings (SSSR count). The lowest BCUT2D eigenvalue weighted by Crippen LogP contribution is -2.35. The predicted molar refractivity (Wildman–Crippen MR) is 106 cm³/mol. The molecule has 144 valence electrons. The van der Waals surface area contributed by atoms with Crippen molar-refractivity contribution in [2.24, 2.45) is 5.92 Å². The number of hydrogen-bond donors (Lipinski definition) is 2. The van der Waals surface area contributed by atoms with Crippen molar-refractivity contribution in [1.82, 2.24) is 0 Å². The summed E-state index contributed by atoms with van der Waals surface area (Å²) in [6.07, 6.45) is 2.15. The molecule has 7 heteroatoms. The Morgan fingerprint density at radius 2 is 2.00 bits per heavy atom. The van der Waals surface area contributed by atoms with Crippen LogP contribution >= 0.6 is 0 Å². The zero-order valence-corrected chi connectivity index (χ0v) is 16.3. The second-order valence-corrected chi connectivity index (χ2v) is 8.83. The number of sulfonamides is 1. The molecule has 0 aliphatic carbocycles. The third-order valence-corrected chi connectivity index (χ3v) is 6.15. The number of carbonyl (C=O) groups is 1. The molecule has 0 amide bonds. The normalized spacial score (nSPS) is 17.6. The quantitative estimate of drug-likeness (QED) is 0.815. The Kier molecular flexibility index (Phi) is 5.41. The highest BCUT2D eigenvalue weighted by atomic mass is 32.2. The number of carboxylic acid groups (broad SMARTS) is 1. The number of nitrogens with one attached hydrogen (secondary N) is 1. The van der Waals surface area contributed by atoms with E-state index < -0.39 is 16.0 Å². The number of carboxylic acids is 1. The molecule has 1 aliphatic heterocycles. The third-order valence-electron chi connectivity index (χ3n) is 4.79. The number of aromatic carboxylic acids is 1. The van der Waals surface area contributed by atoms with Crippen LogP contribution in [0.1, 0.15) is 35.7 Å². The molecule has 0 aromatic heterocycles. The van der Waals surface area contributed by atoms with Crippen molar-refractivity contribution in [1.29, 1.82) is 0 Å². The number of rotatable bonds is 5. The Morgan fingerprint density at radius 3 is 2.67 bits per heavy atom. The lowest BCUT2D eigenvalue weighted by Gasteiger charge is -2.34. The molecule has 1 heterocycles. The van der Waals surface area contributed by atoms with Gasteiger partial charge >= 0.3 is 5.97 Å². The van der Waals surface area contributed by atoms with Gasteiger partial charge in [0, 0.05) is 13.1 Å². The molecule has 2 aromatic carbocycles. The van der Waals surface area contributed by atoms with Crippen LogP contribution in [0.3, 0.4) is 0 Å². The van der Waals surface area contributed by atoms with E-state index in [4.69, 9.17) is 0 Å². The lowest BCUT2D eigenvalue weighted by atomic mass is 9.99. The molecule has 2 N–H and O–H groups in total. The van der Waals surface area contributed by atoms with Crippen molar-refractivity contribution in [3.63, 3.8) is 0 Å². The number of anilines is 2. The fourth-order valence-electron chi connectivity index (χ4n) is 3.42. The largest absolute Gasteiger partial charge is 0.478 e. The molecule has 1 atom stereocenters. The first-order valence-corrected chi connectivity index (χ1v) is 10.5. The summed E-state index contributed by atoms with van der Waals surface area (Å²) in [5.41, 5.74) is 1.89. The summed E-state index contributed by atoms with van der Waals surface area (Å²) in [5.74, 6) is -0.594. The van der Waals surface area contributed by atoms with Crippen molar-refractivity contribution in [3.8, 4) is 0 Å². The number of aryl methyl sites for hydroxylation is 1. The van der Waals surface area contributed by atoms with E-state index in [1.165, 1.54) is 18.2 Å². The molecule has 0 saturated carbocycles. The molecule has 1 saturated heterocycles. The highest BCUT2D eigenvalue weighted by molar-refractivity contribution is 7.92. The molecular weight excluding hydrogens is 364 g/mol. The minimum Gasteiger partial charge on any atom is -0.478 e. The van der Waals surface area contributed by atoms with Gasteiger partial charge in [-0.1, -0.05) is 19.1 Å². The van der Waals surface area contributed by atoms with E-state index >= 15 is 0 Å². The van der Waals surface area contributed by atoms with Crippen molar-refractivity contribution < 1.29 is 18.3 Å². The van der Waals surface area contributed by atoms with Gasteiger partial charge in [-0.3, -0.25) is 4.72 Å². The zero-order valence-electron chi connectivity index (χ0n) is 15.5. The van der Waals surface area contributed by atoms with E-state index in [1.54, 1.807) is 18.2 Å². The number of nitrogens with zero attached hydrogens (tertiary/aromatic N) is 1. The summed E-state index contributed by atoms with van der Waals surface area (Å²) in [6.45, 7) is 5.61. The lowest BCUT2D eigenvalue weighted by molar-refractivity contribution is 0.0697. The predicted octanol–water partition coefficient (Wildman–Crippen LogP) is 3.73. The second-order valence-electron chi connectivity index (χ2n) is 7.15. The average Bonchev–Trinajstić information content (AvgIpc) is 2.61. The van der Waals surface area contributed by atoms with Crippen molar-refractivity contribution in [2.45, 2.75) is 31.6 Å².